The molecule has 0 aromatic heterocycles. The SMILES string of the molecule is CNCC(COCc1ccccc1)c1ccccc1. The molecular weight excluding hydrogens is 234 g/mol. The molecule has 100 valence electrons. The smallest absolute Gasteiger partial charge is 0.0717 e. The van der Waals surface area contributed by atoms with Crippen molar-refractivity contribution in [2.75, 3.05) is 20.2 Å². The molecular formula is C17H21NO. The Kier molecular flexibility index (Phi) is 5.60. The Morgan fingerprint density at radius 1 is 0.947 bits per heavy atom. The third-order valence-electron chi connectivity index (χ3n) is 3.15. The molecule has 0 aliphatic heterocycles. The van der Waals surface area contributed by atoms with Crippen molar-refractivity contribution >= 4 is 0 Å². The van der Waals surface area contributed by atoms with Gasteiger partial charge in [-0.1, -0.05) is 60.7 Å². The van der Waals surface area contributed by atoms with Gasteiger partial charge in [-0.25, -0.2) is 0 Å². The number of ether oxygens (including phenoxy) is 1. The van der Waals surface area contributed by atoms with Crippen LogP contribution in [0.2, 0.25) is 0 Å². The maximum Gasteiger partial charge on any atom is 0.0717 e. The second-order valence-corrected chi connectivity index (χ2v) is 4.67. The third kappa shape index (κ3) is 4.51. The minimum Gasteiger partial charge on any atom is -0.376 e. The van der Waals surface area contributed by atoms with E-state index < -0.39 is 0 Å². The molecule has 0 saturated heterocycles. The molecule has 1 atom stereocenters. The van der Waals surface area contributed by atoms with E-state index in [9.17, 15) is 0 Å². The first-order valence-electron chi connectivity index (χ1n) is 6.71. The first-order chi connectivity index (χ1) is 9.40. The van der Waals surface area contributed by atoms with Gasteiger partial charge in [0.2, 0.25) is 0 Å². The average Bonchev–Trinajstić information content (AvgIpc) is 2.48. The van der Waals surface area contributed by atoms with Crippen molar-refractivity contribution in [2.24, 2.45) is 0 Å². The van der Waals surface area contributed by atoms with Gasteiger partial charge in [-0.3, -0.25) is 0 Å². The van der Waals surface area contributed by atoms with Gasteiger partial charge in [0.05, 0.1) is 13.2 Å². The van der Waals surface area contributed by atoms with Gasteiger partial charge in [-0.2, -0.15) is 0 Å². The van der Waals surface area contributed by atoms with E-state index in [0.717, 1.165) is 13.2 Å². The van der Waals surface area contributed by atoms with E-state index in [4.69, 9.17) is 4.74 Å². The quantitative estimate of drug-likeness (QED) is 0.820. The normalized spacial score (nSPS) is 12.3. The molecule has 2 nitrogen and oxygen atoms in total. The molecule has 1 unspecified atom stereocenters. The summed E-state index contributed by atoms with van der Waals surface area (Å²) in [4.78, 5) is 0. The molecule has 19 heavy (non-hydrogen) atoms. The minimum atomic E-state index is 0.398. The van der Waals surface area contributed by atoms with Crippen LogP contribution in [0.3, 0.4) is 0 Å². The molecule has 0 radical (unpaired) electrons. The zero-order valence-electron chi connectivity index (χ0n) is 11.4. The summed E-state index contributed by atoms with van der Waals surface area (Å²) < 4.78 is 5.85. The zero-order chi connectivity index (χ0) is 13.3. The van der Waals surface area contributed by atoms with Crippen molar-refractivity contribution in [1.29, 1.82) is 0 Å². The predicted octanol–water partition coefficient (Wildman–Crippen LogP) is 3.21. The Bertz CT molecular complexity index is 455. The number of nitrogens with one attached hydrogen (secondary N) is 1. The monoisotopic (exact) mass is 255 g/mol. The number of likely N-dealkylation sites (N-methyl/N-ethyl adjacent to an activating group) is 1. The van der Waals surface area contributed by atoms with Crippen LogP contribution in [0.4, 0.5) is 0 Å². The van der Waals surface area contributed by atoms with E-state index in [1.807, 2.05) is 31.3 Å². The van der Waals surface area contributed by atoms with E-state index in [1.54, 1.807) is 0 Å². The number of benzene rings is 2. The standard InChI is InChI=1S/C17H21NO/c1-18-12-17(16-10-6-3-7-11-16)14-19-13-15-8-4-2-5-9-15/h2-11,17-18H,12-14H2,1H3. The summed E-state index contributed by atoms with van der Waals surface area (Å²) >= 11 is 0. The van der Waals surface area contributed by atoms with Crippen LogP contribution in [0, 0.1) is 0 Å². The van der Waals surface area contributed by atoms with E-state index in [1.165, 1.54) is 11.1 Å². The van der Waals surface area contributed by atoms with Crippen LogP contribution in [0.5, 0.6) is 0 Å². The Balaban J connectivity index is 1.87. The van der Waals surface area contributed by atoms with Crippen LogP contribution < -0.4 is 5.32 Å². The van der Waals surface area contributed by atoms with Gasteiger partial charge in [-0.15, -0.1) is 0 Å². The van der Waals surface area contributed by atoms with E-state index in [2.05, 4.69) is 41.7 Å². The minimum absolute atomic E-state index is 0.398. The van der Waals surface area contributed by atoms with Gasteiger partial charge in [-0.05, 0) is 18.2 Å². The predicted molar refractivity (Wildman–Crippen MR) is 79.2 cm³/mol. The Morgan fingerprint density at radius 2 is 1.58 bits per heavy atom. The van der Waals surface area contributed by atoms with Crippen molar-refractivity contribution in [3.05, 3.63) is 71.8 Å². The first kappa shape index (κ1) is 13.8. The third-order valence-corrected chi connectivity index (χ3v) is 3.15. The van der Waals surface area contributed by atoms with Crippen LogP contribution in [0.1, 0.15) is 17.0 Å². The van der Waals surface area contributed by atoms with E-state index >= 15 is 0 Å². The Hall–Kier alpha value is -1.64. The van der Waals surface area contributed by atoms with Gasteiger partial charge in [0, 0.05) is 12.5 Å². The van der Waals surface area contributed by atoms with Gasteiger partial charge >= 0.3 is 0 Å². The molecule has 0 bridgehead atoms. The highest BCUT2D eigenvalue weighted by atomic mass is 16.5. The maximum atomic E-state index is 5.85. The second-order valence-electron chi connectivity index (χ2n) is 4.67. The zero-order valence-corrected chi connectivity index (χ0v) is 11.4. The van der Waals surface area contributed by atoms with Crippen molar-refractivity contribution < 1.29 is 4.74 Å². The molecule has 0 aliphatic rings. The molecule has 0 saturated carbocycles. The summed E-state index contributed by atoms with van der Waals surface area (Å²) in [5.41, 5.74) is 2.55. The summed E-state index contributed by atoms with van der Waals surface area (Å²) in [7, 11) is 1.98. The van der Waals surface area contributed by atoms with E-state index in [-0.39, 0.29) is 0 Å². The summed E-state index contributed by atoms with van der Waals surface area (Å²) in [5.74, 6) is 0.398. The van der Waals surface area contributed by atoms with Crippen molar-refractivity contribution in [2.45, 2.75) is 12.5 Å². The van der Waals surface area contributed by atoms with Gasteiger partial charge < -0.3 is 10.1 Å². The maximum absolute atomic E-state index is 5.85. The fourth-order valence-corrected chi connectivity index (χ4v) is 2.14. The molecule has 0 aliphatic carbocycles. The van der Waals surface area contributed by atoms with Crippen molar-refractivity contribution in [1.82, 2.24) is 5.32 Å². The van der Waals surface area contributed by atoms with Gasteiger partial charge in [0.15, 0.2) is 0 Å². The molecule has 2 aromatic rings. The molecule has 2 aromatic carbocycles. The van der Waals surface area contributed by atoms with Gasteiger partial charge in [0.1, 0.15) is 0 Å². The average molecular weight is 255 g/mol. The topological polar surface area (TPSA) is 21.3 Å². The second kappa shape index (κ2) is 7.72. The Morgan fingerprint density at radius 3 is 2.21 bits per heavy atom. The fraction of sp³-hybridized carbons (Fsp3) is 0.294. The summed E-state index contributed by atoms with van der Waals surface area (Å²) in [6.07, 6.45) is 0. The lowest BCUT2D eigenvalue weighted by molar-refractivity contribution is 0.107. The van der Waals surface area contributed by atoms with Crippen LogP contribution in [0.15, 0.2) is 60.7 Å². The van der Waals surface area contributed by atoms with Crippen LogP contribution >= 0.6 is 0 Å². The van der Waals surface area contributed by atoms with Crippen molar-refractivity contribution in [3.8, 4) is 0 Å². The molecule has 0 fully saturated rings. The highest BCUT2D eigenvalue weighted by Gasteiger charge is 2.10. The highest BCUT2D eigenvalue weighted by molar-refractivity contribution is 5.20. The molecule has 0 spiro atoms. The van der Waals surface area contributed by atoms with Crippen LogP contribution in [-0.4, -0.2) is 20.2 Å². The molecule has 0 amide bonds. The lowest BCUT2D eigenvalue weighted by atomic mass is 10.0. The Labute approximate surface area is 115 Å². The molecule has 1 N–H and O–H groups in total. The van der Waals surface area contributed by atoms with Crippen molar-refractivity contribution in [3.63, 3.8) is 0 Å². The fourth-order valence-electron chi connectivity index (χ4n) is 2.14. The van der Waals surface area contributed by atoms with E-state index in [0.29, 0.717) is 12.5 Å². The molecule has 2 rings (SSSR count). The number of hydrogen-bond acceptors (Lipinski definition) is 2. The summed E-state index contributed by atoms with van der Waals surface area (Å²) in [6, 6.07) is 20.8. The highest BCUT2D eigenvalue weighted by Crippen LogP contribution is 2.15. The van der Waals surface area contributed by atoms with Crippen LogP contribution in [-0.2, 0) is 11.3 Å². The molecule has 0 heterocycles. The summed E-state index contributed by atoms with van der Waals surface area (Å²) in [5, 5.41) is 3.23. The first-order valence-corrected chi connectivity index (χ1v) is 6.71. The van der Waals surface area contributed by atoms with Gasteiger partial charge in [0.25, 0.3) is 0 Å². The lowest BCUT2D eigenvalue weighted by Crippen LogP contribution is -2.21. The van der Waals surface area contributed by atoms with Crippen LogP contribution in [0.25, 0.3) is 0 Å². The number of rotatable bonds is 7. The number of hydrogen-bond donors (Lipinski definition) is 1. The summed E-state index contributed by atoms with van der Waals surface area (Å²) in [6.45, 7) is 2.34. The lowest BCUT2D eigenvalue weighted by Gasteiger charge is -2.17. The largest absolute Gasteiger partial charge is 0.376 e. The molecule has 2 heteroatoms.